The second-order valence-corrected chi connectivity index (χ2v) is 2.19. The van der Waals surface area contributed by atoms with E-state index in [0.717, 1.165) is 5.56 Å². The zero-order valence-corrected chi connectivity index (χ0v) is 6.12. The summed E-state index contributed by atoms with van der Waals surface area (Å²) in [7, 11) is 0. The molecule has 0 aliphatic heterocycles. The van der Waals surface area contributed by atoms with Gasteiger partial charge in [0.05, 0.1) is 18.2 Å². The van der Waals surface area contributed by atoms with Crippen LogP contribution in [-0.2, 0) is 6.54 Å². The summed E-state index contributed by atoms with van der Waals surface area (Å²) in [6.07, 6.45) is 0. The maximum absolute atomic E-state index is 8.47. The normalized spacial score (nSPS) is 8.64. The molecule has 0 spiro atoms. The van der Waals surface area contributed by atoms with E-state index in [-0.39, 0.29) is 0 Å². The second-order valence-electron chi connectivity index (χ2n) is 2.19. The fraction of sp³-hybridized carbons (Fsp3) is 0.111. The van der Waals surface area contributed by atoms with Crippen molar-refractivity contribution in [1.29, 1.82) is 5.26 Å². The molecule has 0 amide bonds. The van der Waals surface area contributed by atoms with Crippen molar-refractivity contribution < 1.29 is 0 Å². The third-order valence-electron chi connectivity index (χ3n) is 1.38. The minimum atomic E-state index is 0.617. The van der Waals surface area contributed by atoms with E-state index in [0.29, 0.717) is 12.1 Å². The van der Waals surface area contributed by atoms with Crippen molar-refractivity contribution in [3.05, 3.63) is 35.4 Å². The third-order valence-corrected chi connectivity index (χ3v) is 1.38. The number of aliphatic imine (C=N–C) groups is 1. The third kappa shape index (κ3) is 1.91. The lowest BCUT2D eigenvalue weighted by Crippen LogP contribution is -1.80. The summed E-state index contributed by atoms with van der Waals surface area (Å²) in [4.78, 5) is 3.73. The number of rotatable bonds is 2. The highest BCUT2D eigenvalue weighted by Gasteiger charge is 1.90. The van der Waals surface area contributed by atoms with Gasteiger partial charge in [-0.2, -0.15) is 5.26 Å². The Bertz CT molecular complexity index is 279. The summed E-state index contributed by atoms with van der Waals surface area (Å²) in [6, 6.07) is 9.37. The van der Waals surface area contributed by atoms with Crippen LogP contribution >= 0.6 is 0 Å². The lowest BCUT2D eigenvalue weighted by Gasteiger charge is -1.93. The number of hydrogen-bond donors (Lipinski definition) is 0. The Morgan fingerprint density at radius 3 is 2.45 bits per heavy atom. The smallest absolute Gasteiger partial charge is 0.0991 e. The van der Waals surface area contributed by atoms with Gasteiger partial charge >= 0.3 is 0 Å². The number of nitrogens with zero attached hydrogens (tertiary/aromatic N) is 2. The molecule has 11 heavy (non-hydrogen) atoms. The highest BCUT2D eigenvalue weighted by atomic mass is 14.7. The Hall–Kier alpha value is -1.62. The predicted octanol–water partition coefficient (Wildman–Crippen LogP) is 1.76. The van der Waals surface area contributed by atoms with Crippen LogP contribution in [0.4, 0.5) is 0 Å². The summed E-state index contributed by atoms with van der Waals surface area (Å²) < 4.78 is 0. The van der Waals surface area contributed by atoms with Crippen molar-refractivity contribution in [3.8, 4) is 6.07 Å². The second kappa shape index (κ2) is 3.52. The van der Waals surface area contributed by atoms with Gasteiger partial charge in [-0.15, -0.1) is 0 Å². The highest BCUT2D eigenvalue weighted by Crippen LogP contribution is 2.03. The van der Waals surface area contributed by atoms with Gasteiger partial charge in [0, 0.05) is 0 Å². The molecule has 0 fully saturated rings. The van der Waals surface area contributed by atoms with E-state index < -0.39 is 0 Å². The summed E-state index contributed by atoms with van der Waals surface area (Å²) >= 11 is 0. The lowest BCUT2D eigenvalue weighted by atomic mass is 10.1. The minimum absolute atomic E-state index is 0.617. The van der Waals surface area contributed by atoms with Gasteiger partial charge in [-0.1, -0.05) is 12.1 Å². The molecule has 2 nitrogen and oxygen atoms in total. The number of nitriles is 1. The monoisotopic (exact) mass is 144 g/mol. The molecule has 0 aromatic heterocycles. The first kappa shape index (κ1) is 7.49. The van der Waals surface area contributed by atoms with E-state index >= 15 is 0 Å². The van der Waals surface area contributed by atoms with Gasteiger partial charge in [-0.3, -0.25) is 4.99 Å². The highest BCUT2D eigenvalue weighted by molar-refractivity contribution is 5.32. The number of benzene rings is 1. The molecule has 0 atom stereocenters. The molecule has 0 N–H and O–H groups in total. The van der Waals surface area contributed by atoms with Crippen molar-refractivity contribution in [2.24, 2.45) is 4.99 Å². The minimum Gasteiger partial charge on any atom is -0.296 e. The van der Waals surface area contributed by atoms with Crippen LogP contribution in [0, 0.1) is 11.3 Å². The standard InChI is InChI=1S/C9H8N2/c1-11-7-9-4-2-8(6-10)3-5-9/h2-5H,1,7H2. The summed E-state index contributed by atoms with van der Waals surface area (Å²) in [5, 5.41) is 8.47. The van der Waals surface area contributed by atoms with Gasteiger partial charge in [0.2, 0.25) is 0 Å². The lowest BCUT2D eigenvalue weighted by molar-refractivity contribution is 1.08. The number of hydrogen-bond acceptors (Lipinski definition) is 2. The van der Waals surface area contributed by atoms with E-state index in [1.54, 1.807) is 12.1 Å². The molecule has 0 unspecified atom stereocenters. The van der Waals surface area contributed by atoms with Crippen LogP contribution in [0.2, 0.25) is 0 Å². The predicted molar refractivity (Wildman–Crippen MR) is 44.4 cm³/mol. The largest absolute Gasteiger partial charge is 0.296 e. The first-order valence-electron chi connectivity index (χ1n) is 3.28. The maximum atomic E-state index is 8.47. The Kier molecular flexibility index (Phi) is 2.40. The molecular weight excluding hydrogens is 136 g/mol. The molecule has 0 radical (unpaired) electrons. The fourth-order valence-corrected chi connectivity index (χ4v) is 0.814. The van der Waals surface area contributed by atoms with Crippen LogP contribution in [0.3, 0.4) is 0 Å². The van der Waals surface area contributed by atoms with E-state index in [1.807, 2.05) is 12.1 Å². The van der Waals surface area contributed by atoms with Crippen LogP contribution in [0.1, 0.15) is 11.1 Å². The fourth-order valence-electron chi connectivity index (χ4n) is 0.814. The van der Waals surface area contributed by atoms with E-state index in [1.165, 1.54) is 0 Å². The Morgan fingerprint density at radius 2 is 2.00 bits per heavy atom. The molecule has 0 aliphatic rings. The summed E-state index contributed by atoms with van der Waals surface area (Å²) in [5.41, 5.74) is 1.76. The maximum Gasteiger partial charge on any atom is 0.0991 e. The molecular formula is C9H8N2. The van der Waals surface area contributed by atoms with Crippen molar-refractivity contribution in [3.63, 3.8) is 0 Å². The zero-order valence-electron chi connectivity index (χ0n) is 6.12. The van der Waals surface area contributed by atoms with Crippen LogP contribution in [0.15, 0.2) is 29.3 Å². The van der Waals surface area contributed by atoms with E-state index in [2.05, 4.69) is 17.8 Å². The molecule has 0 bridgehead atoms. The molecule has 1 rings (SSSR count). The van der Waals surface area contributed by atoms with Crippen LogP contribution in [0.5, 0.6) is 0 Å². The summed E-state index contributed by atoms with van der Waals surface area (Å²) in [6.45, 7) is 4.00. The average Bonchev–Trinajstić information content (AvgIpc) is 2.07. The van der Waals surface area contributed by atoms with Crippen LogP contribution in [0.25, 0.3) is 0 Å². The molecule has 0 saturated heterocycles. The topological polar surface area (TPSA) is 36.1 Å². The Labute approximate surface area is 65.8 Å². The van der Waals surface area contributed by atoms with Gasteiger partial charge in [-0.05, 0) is 24.4 Å². The quantitative estimate of drug-likeness (QED) is 0.582. The molecule has 54 valence electrons. The Balaban J connectivity index is 2.84. The molecule has 1 aromatic carbocycles. The molecule has 1 aromatic rings. The molecule has 0 saturated carbocycles. The van der Waals surface area contributed by atoms with Crippen molar-refractivity contribution >= 4 is 6.72 Å². The van der Waals surface area contributed by atoms with Gasteiger partial charge in [-0.25, -0.2) is 0 Å². The van der Waals surface area contributed by atoms with Gasteiger partial charge in [0.15, 0.2) is 0 Å². The van der Waals surface area contributed by atoms with Crippen molar-refractivity contribution in [2.75, 3.05) is 0 Å². The first-order chi connectivity index (χ1) is 5.36. The Morgan fingerprint density at radius 1 is 1.36 bits per heavy atom. The average molecular weight is 144 g/mol. The van der Waals surface area contributed by atoms with Crippen molar-refractivity contribution in [2.45, 2.75) is 6.54 Å². The first-order valence-corrected chi connectivity index (χ1v) is 3.28. The molecule has 0 aliphatic carbocycles. The van der Waals surface area contributed by atoms with Gasteiger partial charge in [0.25, 0.3) is 0 Å². The van der Waals surface area contributed by atoms with Crippen LogP contribution < -0.4 is 0 Å². The molecule has 2 heteroatoms. The summed E-state index contributed by atoms with van der Waals surface area (Å²) in [5.74, 6) is 0. The zero-order chi connectivity index (χ0) is 8.10. The van der Waals surface area contributed by atoms with E-state index in [9.17, 15) is 0 Å². The van der Waals surface area contributed by atoms with E-state index in [4.69, 9.17) is 5.26 Å². The van der Waals surface area contributed by atoms with Gasteiger partial charge < -0.3 is 0 Å². The SMILES string of the molecule is C=NCc1ccc(C#N)cc1. The van der Waals surface area contributed by atoms with Crippen LogP contribution in [-0.4, -0.2) is 6.72 Å². The van der Waals surface area contributed by atoms with Gasteiger partial charge in [0.1, 0.15) is 0 Å². The van der Waals surface area contributed by atoms with Crippen molar-refractivity contribution in [1.82, 2.24) is 0 Å². The molecule has 0 heterocycles.